The quantitative estimate of drug-likeness (QED) is 0.755. The second-order valence-electron chi connectivity index (χ2n) is 7.05. The highest BCUT2D eigenvalue weighted by atomic mass is 16.5. The van der Waals surface area contributed by atoms with E-state index in [-0.39, 0.29) is 12.5 Å². The zero-order valence-electron chi connectivity index (χ0n) is 16.3. The van der Waals surface area contributed by atoms with Crippen LogP contribution in [0.3, 0.4) is 0 Å². The fourth-order valence-corrected chi connectivity index (χ4v) is 3.19. The summed E-state index contributed by atoms with van der Waals surface area (Å²) < 4.78 is 10.9. The lowest BCUT2D eigenvalue weighted by atomic mass is 10.1. The molecule has 6 heteroatoms. The number of aliphatic hydroxyl groups excluding tert-OH is 1. The number of carbonyl (C=O) groups excluding carboxylic acids is 1. The Labute approximate surface area is 166 Å². The Bertz CT molecular complexity index is 730. The molecule has 0 aromatic heterocycles. The van der Waals surface area contributed by atoms with E-state index in [1.165, 1.54) is 0 Å². The number of morpholine rings is 1. The van der Waals surface area contributed by atoms with Crippen molar-refractivity contribution in [2.24, 2.45) is 0 Å². The van der Waals surface area contributed by atoms with Crippen molar-refractivity contribution in [2.45, 2.75) is 12.6 Å². The minimum absolute atomic E-state index is 0.0120. The predicted molar refractivity (Wildman–Crippen MR) is 107 cm³/mol. The van der Waals surface area contributed by atoms with Crippen LogP contribution in [0.4, 0.5) is 0 Å². The smallest absolute Gasteiger partial charge is 0.260 e. The van der Waals surface area contributed by atoms with Gasteiger partial charge in [-0.1, -0.05) is 42.5 Å². The molecule has 0 bridgehead atoms. The summed E-state index contributed by atoms with van der Waals surface area (Å²) in [5, 5.41) is 10.3. The summed E-state index contributed by atoms with van der Waals surface area (Å²) in [6.07, 6.45) is -0.514. The molecular formula is C22H28N2O4. The first-order valence-electron chi connectivity index (χ1n) is 9.60. The Balaban J connectivity index is 1.44. The number of hydrogen-bond donors (Lipinski definition) is 1. The van der Waals surface area contributed by atoms with E-state index in [0.29, 0.717) is 38.6 Å². The highest BCUT2D eigenvalue weighted by Crippen LogP contribution is 2.17. The molecule has 2 aromatic carbocycles. The number of benzene rings is 2. The first-order chi connectivity index (χ1) is 13.6. The largest absolute Gasteiger partial charge is 0.484 e. The van der Waals surface area contributed by atoms with Gasteiger partial charge in [-0.3, -0.25) is 9.69 Å². The van der Waals surface area contributed by atoms with Gasteiger partial charge in [-0.2, -0.15) is 0 Å². The molecule has 0 radical (unpaired) electrons. The average molecular weight is 384 g/mol. The third-order valence-electron chi connectivity index (χ3n) is 4.77. The number of hydrogen-bond acceptors (Lipinski definition) is 5. The van der Waals surface area contributed by atoms with Crippen molar-refractivity contribution in [2.75, 3.05) is 46.5 Å². The van der Waals surface area contributed by atoms with E-state index in [4.69, 9.17) is 9.47 Å². The molecule has 28 heavy (non-hydrogen) atoms. The van der Waals surface area contributed by atoms with Crippen LogP contribution in [0, 0.1) is 0 Å². The maximum Gasteiger partial charge on any atom is 0.260 e. The third-order valence-corrected chi connectivity index (χ3v) is 4.77. The molecule has 1 aliphatic heterocycles. The Kier molecular flexibility index (Phi) is 7.42. The van der Waals surface area contributed by atoms with Gasteiger partial charge >= 0.3 is 0 Å². The minimum atomic E-state index is -0.514. The number of aliphatic hydroxyl groups is 1. The molecule has 0 saturated carbocycles. The summed E-state index contributed by atoms with van der Waals surface area (Å²) in [7, 11) is 1.98. The van der Waals surface area contributed by atoms with Crippen LogP contribution in [0.2, 0.25) is 0 Å². The van der Waals surface area contributed by atoms with Crippen LogP contribution in [-0.2, 0) is 16.1 Å². The van der Waals surface area contributed by atoms with Gasteiger partial charge < -0.3 is 19.5 Å². The third kappa shape index (κ3) is 6.05. The molecule has 1 unspecified atom stereocenters. The maximum absolute atomic E-state index is 12.1. The van der Waals surface area contributed by atoms with E-state index in [1.54, 1.807) is 4.90 Å². The van der Waals surface area contributed by atoms with Gasteiger partial charge in [0.05, 0.1) is 19.3 Å². The molecule has 1 N–H and O–H groups in total. The Hall–Kier alpha value is -2.41. The average Bonchev–Trinajstić information content (AvgIpc) is 2.74. The molecule has 6 nitrogen and oxygen atoms in total. The van der Waals surface area contributed by atoms with Crippen molar-refractivity contribution in [3.8, 4) is 5.75 Å². The van der Waals surface area contributed by atoms with Crippen LogP contribution in [0.25, 0.3) is 0 Å². The van der Waals surface area contributed by atoms with Gasteiger partial charge in [0.15, 0.2) is 6.61 Å². The van der Waals surface area contributed by atoms with Crippen molar-refractivity contribution in [3.05, 3.63) is 65.7 Å². The zero-order valence-corrected chi connectivity index (χ0v) is 16.3. The standard InChI is InChI=1S/C22H28N2O4/c1-23(16-21(25)19-5-3-2-4-6-19)15-18-7-9-20(10-8-18)28-17-22(26)24-11-13-27-14-12-24/h2-10,21,25H,11-17H2,1H3. The predicted octanol–water partition coefficient (Wildman–Crippen LogP) is 2.09. The van der Waals surface area contributed by atoms with Crippen molar-refractivity contribution in [1.82, 2.24) is 9.80 Å². The molecule has 1 atom stereocenters. The summed E-state index contributed by atoms with van der Waals surface area (Å²) in [5.41, 5.74) is 2.04. The first-order valence-corrected chi connectivity index (χ1v) is 9.60. The number of amides is 1. The van der Waals surface area contributed by atoms with E-state index in [1.807, 2.05) is 61.6 Å². The summed E-state index contributed by atoms with van der Waals surface area (Å²) >= 11 is 0. The normalized spacial score (nSPS) is 15.5. The Morgan fingerprint density at radius 2 is 1.82 bits per heavy atom. The molecule has 1 saturated heterocycles. The highest BCUT2D eigenvalue weighted by molar-refractivity contribution is 5.77. The van der Waals surface area contributed by atoms with E-state index in [9.17, 15) is 9.90 Å². The van der Waals surface area contributed by atoms with E-state index in [0.717, 1.165) is 17.7 Å². The first kappa shape index (κ1) is 20.3. The van der Waals surface area contributed by atoms with E-state index >= 15 is 0 Å². The van der Waals surface area contributed by atoms with Crippen LogP contribution in [0.15, 0.2) is 54.6 Å². The van der Waals surface area contributed by atoms with Crippen LogP contribution >= 0.6 is 0 Å². The number of ether oxygens (including phenoxy) is 2. The van der Waals surface area contributed by atoms with Crippen molar-refractivity contribution in [1.29, 1.82) is 0 Å². The number of rotatable bonds is 8. The van der Waals surface area contributed by atoms with Gasteiger partial charge in [0.25, 0.3) is 5.91 Å². The van der Waals surface area contributed by atoms with E-state index < -0.39 is 6.10 Å². The monoisotopic (exact) mass is 384 g/mol. The van der Waals surface area contributed by atoms with Crippen LogP contribution in [-0.4, -0.2) is 67.3 Å². The second kappa shape index (κ2) is 10.2. The fraction of sp³-hybridized carbons (Fsp3) is 0.409. The molecule has 150 valence electrons. The van der Waals surface area contributed by atoms with Crippen LogP contribution in [0.1, 0.15) is 17.2 Å². The van der Waals surface area contributed by atoms with Crippen molar-refractivity contribution in [3.63, 3.8) is 0 Å². The van der Waals surface area contributed by atoms with Crippen LogP contribution in [0.5, 0.6) is 5.75 Å². The lowest BCUT2D eigenvalue weighted by molar-refractivity contribution is -0.137. The van der Waals surface area contributed by atoms with Crippen LogP contribution < -0.4 is 4.74 Å². The number of carbonyl (C=O) groups is 1. The van der Waals surface area contributed by atoms with Gasteiger partial charge in [-0.05, 0) is 30.3 Å². The molecule has 1 aliphatic rings. The summed E-state index contributed by atoms with van der Waals surface area (Å²) in [5.74, 6) is 0.666. The Morgan fingerprint density at radius 1 is 1.14 bits per heavy atom. The minimum Gasteiger partial charge on any atom is -0.484 e. The summed E-state index contributed by atoms with van der Waals surface area (Å²) in [6.45, 7) is 3.75. The van der Waals surface area contributed by atoms with Gasteiger partial charge in [-0.25, -0.2) is 0 Å². The zero-order chi connectivity index (χ0) is 19.8. The lowest BCUT2D eigenvalue weighted by Crippen LogP contribution is -2.42. The molecule has 1 fully saturated rings. The van der Waals surface area contributed by atoms with Gasteiger partial charge in [0.2, 0.25) is 0 Å². The Morgan fingerprint density at radius 3 is 2.50 bits per heavy atom. The summed E-state index contributed by atoms with van der Waals surface area (Å²) in [6, 6.07) is 17.4. The van der Waals surface area contributed by atoms with Gasteiger partial charge in [0.1, 0.15) is 5.75 Å². The molecular weight excluding hydrogens is 356 g/mol. The molecule has 1 heterocycles. The fourth-order valence-electron chi connectivity index (χ4n) is 3.19. The second-order valence-corrected chi connectivity index (χ2v) is 7.05. The highest BCUT2D eigenvalue weighted by Gasteiger charge is 2.17. The van der Waals surface area contributed by atoms with Crippen molar-refractivity contribution < 1.29 is 19.4 Å². The molecule has 0 aliphatic carbocycles. The molecule has 3 rings (SSSR count). The van der Waals surface area contributed by atoms with Crippen molar-refractivity contribution >= 4 is 5.91 Å². The number of nitrogens with zero attached hydrogens (tertiary/aromatic N) is 2. The molecule has 0 spiro atoms. The summed E-state index contributed by atoms with van der Waals surface area (Å²) in [4.78, 5) is 16.0. The molecule has 2 aromatic rings. The SMILES string of the molecule is CN(Cc1ccc(OCC(=O)N2CCOCC2)cc1)CC(O)c1ccccc1. The maximum atomic E-state index is 12.1. The van der Waals surface area contributed by atoms with Gasteiger partial charge in [-0.15, -0.1) is 0 Å². The van der Waals surface area contributed by atoms with E-state index in [2.05, 4.69) is 4.90 Å². The topological polar surface area (TPSA) is 62.2 Å². The molecule has 1 amide bonds. The number of likely N-dealkylation sites (N-methyl/N-ethyl adjacent to an activating group) is 1. The van der Waals surface area contributed by atoms with Gasteiger partial charge in [0, 0.05) is 26.2 Å². The lowest BCUT2D eigenvalue weighted by Gasteiger charge is -2.26.